The highest BCUT2D eigenvalue weighted by atomic mass is 31.2. The van der Waals surface area contributed by atoms with Crippen molar-refractivity contribution >= 4 is 19.8 Å². The lowest BCUT2D eigenvalue weighted by atomic mass is 10.1. The van der Waals surface area contributed by atoms with Gasteiger partial charge in [-0.25, -0.2) is 4.57 Å². The minimum atomic E-state index is -4.61. The first kappa shape index (κ1) is 45.5. The summed E-state index contributed by atoms with van der Waals surface area (Å²) in [6.45, 7) is 2.26. The summed E-state index contributed by atoms with van der Waals surface area (Å²) in [4.78, 5) is 34.6. The minimum Gasteiger partial charge on any atom is -0.462 e. The summed E-state index contributed by atoms with van der Waals surface area (Å²) in [5.74, 6) is -0.984. The second-order valence-electron chi connectivity index (χ2n) is 12.3. The molecule has 0 aliphatic heterocycles. The zero-order chi connectivity index (χ0) is 34.9. The van der Waals surface area contributed by atoms with Crippen LogP contribution in [0.3, 0.4) is 0 Å². The monoisotopic (exact) mass is 690 g/mol. The summed E-state index contributed by atoms with van der Waals surface area (Å²) in [5.41, 5.74) is 0. The molecular formula is C36H67O10P. The summed E-state index contributed by atoms with van der Waals surface area (Å²) in [6, 6.07) is 0. The van der Waals surface area contributed by atoms with E-state index in [2.05, 4.69) is 36.6 Å². The van der Waals surface area contributed by atoms with Gasteiger partial charge < -0.3 is 24.6 Å². The van der Waals surface area contributed by atoms with Crippen molar-refractivity contribution < 1.29 is 47.8 Å². The molecule has 0 aromatic carbocycles. The summed E-state index contributed by atoms with van der Waals surface area (Å²) < 4.78 is 32.4. The fourth-order valence-electron chi connectivity index (χ4n) is 4.74. The van der Waals surface area contributed by atoms with E-state index in [0.29, 0.717) is 19.3 Å². The zero-order valence-corrected chi connectivity index (χ0v) is 30.4. The molecule has 0 saturated carbocycles. The number of hydrogen-bond acceptors (Lipinski definition) is 9. The third-order valence-electron chi connectivity index (χ3n) is 7.61. The number of aliphatic hydroxyl groups is 2. The van der Waals surface area contributed by atoms with Gasteiger partial charge in [0.15, 0.2) is 6.10 Å². The molecule has 3 atom stereocenters. The largest absolute Gasteiger partial charge is 0.472 e. The minimum absolute atomic E-state index is 0.122. The van der Waals surface area contributed by atoms with Crippen LogP contribution in [0.25, 0.3) is 0 Å². The molecule has 47 heavy (non-hydrogen) atoms. The quantitative estimate of drug-likeness (QED) is 0.0259. The molecule has 0 rings (SSSR count). The lowest BCUT2D eigenvalue weighted by Crippen LogP contribution is -2.29. The number of phosphoric acid groups is 1. The van der Waals surface area contributed by atoms with Crippen LogP contribution in [0.15, 0.2) is 24.3 Å². The van der Waals surface area contributed by atoms with E-state index < -0.39 is 51.8 Å². The van der Waals surface area contributed by atoms with Gasteiger partial charge in [0.25, 0.3) is 0 Å². The van der Waals surface area contributed by atoms with Gasteiger partial charge in [-0.3, -0.25) is 18.6 Å². The number of unbranched alkanes of at least 4 members (excludes halogenated alkanes) is 16. The molecule has 0 aromatic heterocycles. The van der Waals surface area contributed by atoms with Crippen LogP contribution in [0.2, 0.25) is 0 Å². The van der Waals surface area contributed by atoms with Crippen LogP contribution < -0.4 is 0 Å². The smallest absolute Gasteiger partial charge is 0.462 e. The number of carbonyl (C=O) groups is 2. The van der Waals surface area contributed by atoms with Gasteiger partial charge in [0.05, 0.1) is 19.8 Å². The van der Waals surface area contributed by atoms with E-state index in [9.17, 15) is 24.2 Å². The Labute approximate surface area is 285 Å². The Bertz CT molecular complexity index is 848. The van der Waals surface area contributed by atoms with E-state index in [-0.39, 0.29) is 19.4 Å². The molecule has 276 valence electrons. The van der Waals surface area contributed by atoms with Crippen LogP contribution in [0, 0.1) is 0 Å². The molecule has 0 spiro atoms. The zero-order valence-electron chi connectivity index (χ0n) is 29.5. The van der Waals surface area contributed by atoms with Crippen LogP contribution in [0.4, 0.5) is 0 Å². The first-order valence-electron chi connectivity index (χ1n) is 18.3. The third kappa shape index (κ3) is 32.8. The summed E-state index contributed by atoms with van der Waals surface area (Å²) in [6.07, 6.45) is 29.0. The molecule has 0 heterocycles. The Morgan fingerprint density at radius 2 is 1.13 bits per heavy atom. The standard InChI is InChI=1S/C36H67O10P/c1-3-5-7-9-11-12-13-14-15-16-17-18-19-20-22-24-26-28-36(40)46-34(32-45-47(41,42)44-30-33(38)29-37)31-43-35(39)27-25-23-21-10-8-6-4-2/h17-18,20,22,33-34,37-38H,3-16,19,21,23-32H2,1-2H3,(H,41,42)/b18-17+,22-20+/t33-,34+/m0/s1. The van der Waals surface area contributed by atoms with Crippen LogP contribution in [0.5, 0.6) is 0 Å². The Kier molecular flexibility index (Phi) is 31.9. The van der Waals surface area contributed by atoms with E-state index in [1.165, 1.54) is 77.0 Å². The van der Waals surface area contributed by atoms with E-state index >= 15 is 0 Å². The van der Waals surface area contributed by atoms with Gasteiger partial charge in [-0.1, -0.05) is 128 Å². The highest BCUT2D eigenvalue weighted by Gasteiger charge is 2.27. The van der Waals surface area contributed by atoms with Gasteiger partial charge in [0.2, 0.25) is 0 Å². The molecule has 0 saturated heterocycles. The molecular weight excluding hydrogens is 623 g/mol. The highest BCUT2D eigenvalue weighted by molar-refractivity contribution is 7.47. The maximum atomic E-state index is 12.5. The lowest BCUT2D eigenvalue weighted by Gasteiger charge is -2.20. The molecule has 0 aromatic rings. The van der Waals surface area contributed by atoms with E-state index in [1.807, 2.05) is 6.08 Å². The topological polar surface area (TPSA) is 149 Å². The van der Waals surface area contributed by atoms with Gasteiger partial charge in [-0.2, -0.15) is 0 Å². The van der Waals surface area contributed by atoms with Crippen molar-refractivity contribution in [3.8, 4) is 0 Å². The highest BCUT2D eigenvalue weighted by Crippen LogP contribution is 2.43. The maximum Gasteiger partial charge on any atom is 0.472 e. The first-order chi connectivity index (χ1) is 22.7. The van der Waals surface area contributed by atoms with Crippen molar-refractivity contribution in [3.63, 3.8) is 0 Å². The van der Waals surface area contributed by atoms with Crippen molar-refractivity contribution in [1.82, 2.24) is 0 Å². The van der Waals surface area contributed by atoms with Crippen molar-refractivity contribution in [2.75, 3.05) is 26.4 Å². The average molecular weight is 691 g/mol. The number of ether oxygens (including phenoxy) is 2. The molecule has 11 heteroatoms. The normalized spacial score (nSPS) is 14.4. The summed E-state index contributed by atoms with van der Waals surface area (Å²) in [5, 5.41) is 18.2. The van der Waals surface area contributed by atoms with Gasteiger partial charge >= 0.3 is 19.8 Å². The third-order valence-corrected chi connectivity index (χ3v) is 8.56. The molecule has 0 radical (unpaired) electrons. The Morgan fingerprint density at radius 1 is 0.638 bits per heavy atom. The number of esters is 2. The molecule has 1 unspecified atom stereocenters. The number of carbonyl (C=O) groups excluding carboxylic acids is 2. The number of phosphoric ester groups is 1. The Morgan fingerprint density at radius 3 is 1.70 bits per heavy atom. The van der Waals surface area contributed by atoms with Crippen LogP contribution in [-0.4, -0.2) is 65.7 Å². The van der Waals surface area contributed by atoms with Crippen molar-refractivity contribution in [3.05, 3.63) is 24.3 Å². The van der Waals surface area contributed by atoms with Crippen LogP contribution in [-0.2, 0) is 32.7 Å². The molecule has 0 aliphatic carbocycles. The SMILES string of the molecule is CCCCCCCCCCC/C=C/C/C=C/CCCC(=O)O[C@H](COC(=O)CCCCCCCCC)COP(=O)(O)OC[C@@H](O)CO. The second-order valence-corrected chi connectivity index (χ2v) is 13.7. The van der Waals surface area contributed by atoms with E-state index in [1.54, 1.807) is 0 Å². The molecule has 10 nitrogen and oxygen atoms in total. The molecule has 0 bridgehead atoms. The van der Waals surface area contributed by atoms with Crippen LogP contribution >= 0.6 is 7.82 Å². The predicted molar refractivity (Wildman–Crippen MR) is 187 cm³/mol. The number of rotatable bonds is 34. The van der Waals surface area contributed by atoms with Gasteiger partial charge in [0, 0.05) is 12.8 Å². The lowest BCUT2D eigenvalue weighted by molar-refractivity contribution is -0.161. The number of allylic oxidation sites excluding steroid dienone is 4. The van der Waals surface area contributed by atoms with Crippen molar-refractivity contribution in [1.29, 1.82) is 0 Å². The van der Waals surface area contributed by atoms with Gasteiger partial charge in [0.1, 0.15) is 12.7 Å². The molecule has 0 amide bonds. The molecule has 3 N–H and O–H groups in total. The summed E-state index contributed by atoms with van der Waals surface area (Å²) in [7, 11) is -4.61. The molecule has 0 aliphatic rings. The summed E-state index contributed by atoms with van der Waals surface area (Å²) >= 11 is 0. The maximum absolute atomic E-state index is 12.5. The van der Waals surface area contributed by atoms with Gasteiger partial charge in [-0.15, -0.1) is 0 Å². The van der Waals surface area contributed by atoms with Crippen LogP contribution in [0.1, 0.15) is 155 Å². The number of aliphatic hydroxyl groups excluding tert-OH is 2. The fourth-order valence-corrected chi connectivity index (χ4v) is 5.53. The Balaban J connectivity index is 4.39. The molecule has 0 fully saturated rings. The van der Waals surface area contributed by atoms with Gasteiger partial charge in [-0.05, 0) is 38.5 Å². The predicted octanol–water partition coefficient (Wildman–Crippen LogP) is 8.66. The van der Waals surface area contributed by atoms with E-state index in [0.717, 1.165) is 32.1 Å². The van der Waals surface area contributed by atoms with Crippen molar-refractivity contribution in [2.24, 2.45) is 0 Å². The second kappa shape index (κ2) is 33.0. The van der Waals surface area contributed by atoms with E-state index in [4.69, 9.17) is 19.1 Å². The number of hydrogen-bond donors (Lipinski definition) is 3. The Hall–Kier alpha value is -1.55. The fraction of sp³-hybridized carbons (Fsp3) is 0.833. The first-order valence-corrected chi connectivity index (χ1v) is 19.8. The van der Waals surface area contributed by atoms with Crippen molar-refractivity contribution in [2.45, 2.75) is 167 Å². The average Bonchev–Trinajstić information content (AvgIpc) is 3.05.